The number of hydrogen-bond donors (Lipinski definition) is 2. The van der Waals surface area contributed by atoms with Gasteiger partial charge in [0.2, 0.25) is 0 Å². The molecule has 0 bridgehead atoms. The fourth-order valence-electron chi connectivity index (χ4n) is 4.22. The van der Waals surface area contributed by atoms with E-state index in [0.29, 0.717) is 16.1 Å². The zero-order valence-corrected chi connectivity index (χ0v) is 23.5. The van der Waals surface area contributed by atoms with Gasteiger partial charge in [-0.2, -0.15) is 13.2 Å². The van der Waals surface area contributed by atoms with E-state index in [1.165, 1.54) is 30.5 Å². The number of alkyl halides is 3. The van der Waals surface area contributed by atoms with Crippen molar-refractivity contribution < 1.29 is 27.9 Å². The Hall–Kier alpha value is -3.59. The Morgan fingerprint density at radius 3 is 2.24 bits per heavy atom. The summed E-state index contributed by atoms with van der Waals surface area (Å²) in [6.45, 7) is 0.172. The zero-order chi connectivity index (χ0) is 29.7. The van der Waals surface area contributed by atoms with Crippen molar-refractivity contribution in [2.24, 2.45) is 0 Å². The highest BCUT2D eigenvalue weighted by Gasteiger charge is 2.34. The van der Waals surface area contributed by atoms with Gasteiger partial charge in [-0.05, 0) is 71.1 Å². The van der Waals surface area contributed by atoms with Crippen LogP contribution in [0.1, 0.15) is 40.9 Å². The van der Waals surface area contributed by atoms with Gasteiger partial charge >= 0.3 is 12.1 Å². The number of rotatable bonds is 10. The summed E-state index contributed by atoms with van der Waals surface area (Å²) in [5.41, 5.74) is 1.96. The lowest BCUT2D eigenvalue weighted by atomic mass is 9.98. The molecule has 0 aliphatic heterocycles. The van der Waals surface area contributed by atoms with Gasteiger partial charge in [-0.1, -0.05) is 59.1 Å². The molecule has 4 rings (SSSR count). The maximum atomic E-state index is 14.0. The lowest BCUT2D eigenvalue weighted by Crippen LogP contribution is -2.09. The summed E-state index contributed by atoms with van der Waals surface area (Å²) in [4.78, 5) is 27.2. The van der Waals surface area contributed by atoms with E-state index in [9.17, 15) is 22.8 Å². The third-order valence-electron chi connectivity index (χ3n) is 6.27. The normalized spacial score (nSPS) is 11.4. The number of halogens is 6. The summed E-state index contributed by atoms with van der Waals surface area (Å²) >= 11 is 18.2. The van der Waals surface area contributed by atoms with Crippen LogP contribution in [0.2, 0.25) is 15.1 Å². The number of carbonyl (C=O) groups excluding carboxylic acids is 1. The van der Waals surface area contributed by atoms with Crippen molar-refractivity contribution in [3.8, 4) is 22.3 Å². The number of anilines is 1. The Labute approximate surface area is 248 Å². The molecule has 0 atom stereocenters. The molecule has 41 heavy (non-hydrogen) atoms. The van der Waals surface area contributed by atoms with E-state index in [1.54, 1.807) is 36.4 Å². The van der Waals surface area contributed by atoms with Gasteiger partial charge in [-0.25, -0.2) is 0 Å². The van der Waals surface area contributed by atoms with Crippen molar-refractivity contribution in [2.45, 2.75) is 32.0 Å². The van der Waals surface area contributed by atoms with Gasteiger partial charge < -0.3 is 10.4 Å². The Morgan fingerprint density at radius 2 is 1.59 bits per heavy atom. The maximum absolute atomic E-state index is 14.0. The molecule has 1 aromatic heterocycles. The van der Waals surface area contributed by atoms with E-state index in [0.717, 1.165) is 11.6 Å². The number of carboxylic acids is 1. The van der Waals surface area contributed by atoms with Crippen molar-refractivity contribution in [3.05, 3.63) is 105 Å². The molecule has 0 aliphatic rings. The first kappa shape index (κ1) is 30.4. The Balaban J connectivity index is 1.56. The average molecular weight is 622 g/mol. The van der Waals surface area contributed by atoms with Crippen molar-refractivity contribution in [1.29, 1.82) is 0 Å². The van der Waals surface area contributed by atoms with E-state index < -0.39 is 17.7 Å². The minimum absolute atomic E-state index is 0.0301. The van der Waals surface area contributed by atoms with Crippen LogP contribution in [0.3, 0.4) is 0 Å². The predicted octanol–water partition coefficient (Wildman–Crippen LogP) is 9.44. The third kappa shape index (κ3) is 7.79. The number of ketones is 1. The van der Waals surface area contributed by atoms with Crippen LogP contribution in [-0.2, 0) is 17.5 Å². The highest BCUT2D eigenvalue weighted by molar-refractivity contribution is 6.42. The number of carbonyl (C=O) groups is 2. The summed E-state index contributed by atoms with van der Waals surface area (Å²) in [6.07, 6.45) is -2.94. The molecule has 1 heterocycles. The first-order chi connectivity index (χ1) is 19.4. The van der Waals surface area contributed by atoms with Crippen molar-refractivity contribution in [2.75, 3.05) is 5.32 Å². The first-order valence-corrected chi connectivity index (χ1v) is 13.5. The molecule has 0 amide bonds. The van der Waals surface area contributed by atoms with Crippen molar-refractivity contribution >= 4 is 52.2 Å². The van der Waals surface area contributed by atoms with Gasteiger partial charge in [-0.15, -0.1) is 0 Å². The van der Waals surface area contributed by atoms with E-state index in [2.05, 4.69) is 10.3 Å². The number of aliphatic carboxylic acids is 1. The second-order valence-electron chi connectivity index (χ2n) is 9.14. The fourth-order valence-corrected chi connectivity index (χ4v) is 4.69. The van der Waals surface area contributed by atoms with Gasteiger partial charge in [0.15, 0.2) is 5.78 Å². The number of Topliss-reactive ketones (excluding diaryl/α,β-unsaturated/α-hetero) is 1. The zero-order valence-electron chi connectivity index (χ0n) is 21.2. The van der Waals surface area contributed by atoms with Crippen LogP contribution in [0.25, 0.3) is 22.3 Å². The molecule has 0 spiro atoms. The van der Waals surface area contributed by atoms with Crippen LogP contribution in [0.4, 0.5) is 18.9 Å². The number of nitrogens with zero attached hydrogens (tertiary/aromatic N) is 1. The largest absolute Gasteiger partial charge is 0.481 e. The summed E-state index contributed by atoms with van der Waals surface area (Å²) in [5.74, 6) is -1.24. The second kappa shape index (κ2) is 12.9. The fraction of sp³-hybridized carbons (Fsp3) is 0.167. The molecule has 0 aliphatic carbocycles. The number of benzene rings is 3. The van der Waals surface area contributed by atoms with Crippen molar-refractivity contribution in [3.63, 3.8) is 0 Å². The molecule has 0 fully saturated rings. The van der Waals surface area contributed by atoms with Crippen molar-refractivity contribution in [1.82, 2.24) is 4.98 Å². The molecular formula is C30H22Cl3F3N2O3. The summed E-state index contributed by atoms with van der Waals surface area (Å²) in [7, 11) is 0. The van der Waals surface area contributed by atoms with Crippen LogP contribution >= 0.6 is 34.8 Å². The Bertz CT molecular complexity index is 1590. The van der Waals surface area contributed by atoms with Gasteiger partial charge in [0.05, 0.1) is 15.6 Å². The number of aromatic nitrogens is 1. The number of carboxylic acid groups (broad SMARTS) is 1. The van der Waals surface area contributed by atoms with Crippen LogP contribution in [0, 0.1) is 0 Å². The molecule has 3 aromatic carbocycles. The number of nitrogens with one attached hydrogen (secondary N) is 1. The van der Waals surface area contributed by atoms with E-state index >= 15 is 0 Å². The lowest BCUT2D eigenvalue weighted by molar-refractivity contribution is -0.138. The molecule has 0 radical (unpaired) electrons. The van der Waals surface area contributed by atoms with Gasteiger partial charge in [0, 0.05) is 41.9 Å². The molecule has 0 saturated carbocycles. The monoisotopic (exact) mass is 620 g/mol. The summed E-state index contributed by atoms with van der Waals surface area (Å²) in [5, 5.41) is 12.6. The number of pyridine rings is 1. The van der Waals surface area contributed by atoms with Gasteiger partial charge in [-0.3, -0.25) is 14.6 Å². The molecule has 0 saturated heterocycles. The maximum Gasteiger partial charge on any atom is 0.417 e. The Morgan fingerprint density at radius 1 is 0.829 bits per heavy atom. The SMILES string of the molecule is O=C(O)CCCC(=O)c1ccc(-c2cc(Cl)ccc2CNc2ccc(-c3ccc(Cl)c(Cl)c3)c(C(F)(F)F)c2)cn1. The number of hydrogen-bond acceptors (Lipinski definition) is 4. The minimum Gasteiger partial charge on any atom is -0.481 e. The first-order valence-electron chi connectivity index (χ1n) is 12.3. The van der Waals surface area contributed by atoms with Gasteiger partial charge in [0.1, 0.15) is 5.69 Å². The highest BCUT2D eigenvalue weighted by atomic mass is 35.5. The predicted molar refractivity (Wildman–Crippen MR) is 155 cm³/mol. The third-order valence-corrected chi connectivity index (χ3v) is 7.24. The molecule has 2 N–H and O–H groups in total. The smallest absolute Gasteiger partial charge is 0.417 e. The van der Waals surface area contributed by atoms with E-state index in [4.69, 9.17) is 39.9 Å². The molecule has 212 valence electrons. The highest BCUT2D eigenvalue weighted by Crippen LogP contribution is 2.40. The average Bonchev–Trinajstić information content (AvgIpc) is 2.93. The van der Waals surface area contributed by atoms with Crippen LogP contribution in [-0.4, -0.2) is 21.8 Å². The van der Waals surface area contributed by atoms with Crippen LogP contribution in [0.15, 0.2) is 72.9 Å². The Kier molecular flexibility index (Phi) is 9.58. The molecule has 5 nitrogen and oxygen atoms in total. The minimum atomic E-state index is -4.62. The standard InChI is InChI=1S/C30H22Cl3F3N2O3/c31-20-7-4-18(23(13-20)19-6-11-27(38-16-19)28(39)2-1-3-29(40)41)15-37-21-8-9-22(24(14-21)30(34,35)36)17-5-10-25(32)26(33)12-17/h4-14,16,37H,1-3,15H2,(H,40,41). The van der Waals surface area contributed by atoms with Gasteiger partial charge in [0.25, 0.3) is 0 Å². The topological polar surface area (TPSA) is 79.3 Å². The molecular weight excluding hydrogens is 600 g/mol. The van der Waals surface area contributed by atoms with Crippen LogP contribution in [0.5, 0.6) is 0 Å². The van der Waals surface area contributed by atoms with E-state index in [-0.39, 0.29) is 64.1 Å². The molecule has 11 heteroatoms. The van der Waals surface area contributed by atoms with Crippen LogP contribution < -0.4 is 5.32 Å². The molecule has 4 aromatic rings. The van der Waals surface area contributed by atoms with E-state index in [1.807, 2.05) is 0 Å². The molecule has 0 unspecified atom stereocenters. The quantitative estimate of drug-likeness (QED) is 0.173. The summed E-state index contributed by atoms with van der Waals surface area (Å²) in [6, 6.07) is 16.7. The lowest BCUT2D eigenvalue weighted by Gasteiger charge is -2.17. The summed E-state index contributed by atoms with van der Waals surface area (Å²) < 4.78 is 42.1. The second-order valence-corrected chi connectivity index (χ2v) is 10.4.